The van der Waals surface area contributed by atoms with Crippen LogP contribution in [0.5, 0.6) is 5.75 Å². The molecule has 0 bridgehead atoms. The van der Waals surface area contributed by atoms with E-state index in [1.54, 1.807) is 7.11 Å². The third-order valence-corrected chi connectivity index (χ3v) is 2.36. The number of nitrogens with one attached hydrogen (secondary N) is 1. The first-order valence-corrected chi connectivity index (χ1v) is 4.63. The summed E-state index contributed by atoms with van der Waals surface area (Å²) in [6, 6.07) is 7.99. The summed E-state index contributed by atoms with van der Waals surface area (Å²) in [6.45, 7) is 1.96. The van der Waals surface area contributed by atoms with Crippen LogP contribution in [-0.2, 0) is 0 Å². The minimum atomic E-state index is 0.0205. The highest BCUT2D eigenvalue weighted by Gasteiger charge is 2.07. The lowest BCUT2D eigenvalue weighted by Gasteiger charge is -1.99. The third kappa shape index (κ3) is 1.36. The Morgan fingerprint density at radius 2 is 2.21 bits per heavy atom. The van der Waals surface area contributed by atoms with Crippen molar-refractivity contribution in [3.8, 4) is 5.75 Å². The van der Waals surface area contributed by atoms with Crippen molar-refractivity contribution < 1.29 is 4.74 Å². The number of rotatable bonds is 2. The third-order valence-electron chi connectivity index (χ3n) is 2.36. The maximum Gasteiger partial charge on any atom is 0.128 e. The van der Waals surface area contributed by atoms with Gasteiger partial charge in [-0.25, -0.2) is 0 Å². The molecule has 74 valence electrons. The normalized spacial score (nSPS) is 13.1. The fourth-order valence-corrected chi connectivity index (χ4v) is 1.57. The Bertz CT molecular complexity index is 445. The van der Waals surface area contributed by atoms with E-state index in [2.05, 4.69) is 4.98 Å². The molecule has 2 rings (SSSR count). The second-order valence-corrected chi connectivity index (χ2v) is 3.43. The molecule has 3 heteroatoms. The van der Waals surface area contributed by atoms with Crippen molar-refractivity contribution in [3.05, 3.63) is 30.0 Å². The topological polar surface area (TPSA) is 51.0 Å². The van der Waals surface area contributed by atoms with Crippen molar-refractivity contribution in [3.63, 3.8) is 0 Å². The van der Waals surface area contributed by atoms with E-state index in [9.17, 15) is 0 Å². The van der Waals surface area contributed by atoms with Gasteiger partial charge >= 0.3 is 0 Å². The first-order chi connectivity index (χ1) is 6.72. The lowest BCUT2D eigenvalue weighted by molar-refractivity contribution is 0.420. The van der Waals surface area contributed by atoms with Crippen LogP contribution in [-0.4, -0.2) is 12.1 Å². The van der Waals surface area contributed by atoms with E-state index in [1.165, 1.54) is 0 Å². The minimum absolute atomic E-state index is 0.0205. The van der Waals surface area contributed by atoms with Gasteiger partial charge in [-0.15, -0.1) is 0 Å². The average Bonchev–Trinajstić information content (AvgIpc) is 2.60. The Hall–Kier alpha value is -1.48. The smallest absolute Gasteiger partial charge is 0.128 e. The van der Waals surface area contributed by atoms with E-state index < -0.39 is 0 Å². The van der Waals surface area contributed by atoms with Crippen LogP contribution in [0.3, 0.4) is 0 Å². The van der Waals surface area contributed by atoms with E-state index in [1.807, 2.05) is 31.2 Å². The molecule has 0 aliphatic carbocycles. The maximum absolute atomic E-state index is 5.80. The van der Waals surface area contributed by atoms with Crippen molar-refractivity contribution in [1.29, 1.82) is 0 Å². The lowest BCUT2D eigenvalue weighted by atomic mass is 10.2. The zero-order chi connectivity index (χ0) is 10.1. The molecule has 2 aromatic rings. The molecular formula is C11H14N2O. The molecule has 1 aromatic carbocycles. The molecule has 14 heavy (non-hydrogen) atoms. The van der Waals surface area contributed by atoms with Gasteiger partial charge in [0.15, 0.2) is 0 Å². The molecule has 1 aromatic heterocycles. The van der Waals surface area contributed by atoms with Crippen molar-refractivity contribution in [2.75, 3.05) is 7.11 Å². The van der Waals surface area contributed by atoms with E-state index in [0.29, 0.717) is 0 Å². The minimum Gasteiger partial charge on any atom is -0.496 e. The van der Waals surface area contributed by atoms with Crippen molar-refractivity contribution >= 4 is 10.9 Å². The second-order valence-electron chi connectivity index (χ2n) is 3.43. The Morgan fingerprint density at radius 1 is 1.43 bits per heavy atom. The van der Waals surface area contributed by atoms with Crippen molar-refractivity contribution in [2.45, 2.75) is 13.0 Å². The van der Waals surface area contributed by atoms with Gasteiger partial charge in [-0.1, -0.05) is 6.07 Å². The van der Waals surface area contributed by atoms with E-state index in [-0.39, 0.29) is 6.04 Å². The number of H-pyrrole nitrogens is 1. The summed E-state index contributed by atoms with van der Waals surface area (Å²) in [5.74, 6) is 0.880. The van der Waals surface area contributed by atoms with Crippen LogP contribution in [0.4, 0.5) is 0 Å². The quantitative estimate of drug-likeness (QED) is 0.762. The highest BCUT2D eigenvalue weighted by atomic mass is 16.5. The Kier molecular flexibility index (Phi) is 2.17. The highest BCUT2D eigenvalue weighted by Crippen LogP contribution is 2.27. The van der Waals surface area contributed by atoms with Gasteiger partial charge in [-0.3, -0.25) is 0 Å². The fourth-order valence-electron chi connectivity index (χ4n) is 1.57. The predicted octanol–water partition coefficient (Wildman–Crippen LogP) is 2.20. The molecule has 0 aliphatic heterocycles. The van der Waals surface area contributed by atoms with Gasteiger partial charge in [0, 0.05) is 22.6 Å². The summed E-state index contributed by atoms with van der Waals surface area (Å²) in [5, 5.41) is 1.09. The number of methoxy groups -OCH3 is 1. The number of aromatic nitrogens is 1. The Balaban J connectivity index is 2.64. The van der Waals surface area contributed by atoms with E-state index >= 15 is 0 Å². The van der Waals surface area contributed by atoms with Crippen molar-refractivity contribution in [1.82, 2.24) is 4.98 Å². The first kappa shape index (κ1) is 9.09. The summed E-state index contributed by atoms with van der Waals surface area (Å²) in [4.78, 5) is 3.26. The zero-order valence-corrected chi connectivity index (χ0v) is 8.37. The Labute approximate surface area is 82.9 Å². The summed E-state index contributed by atoms with van der Waals surface area (Å²) in [7, 11) is 1.67. The van der Waals surface area contributed by atoms with Gasteiger partial charge in [0.1, 0.15) is 5.75 Å². The van der Waals surface area contributed by atoms with Gasteiger partial charge in [0.05, 0.1) is 7.11 Å². The summed E-state index contributed by atoms with van der Waals surface area (Å²) in [5.41, 5.74) is 7.90. The van der Waals surface area contributed by atoms with Crippen LogP contribution in [0, 0.1) is 0 Å². The van der Waals surface area contributed by atoms with Crippen LogP contribution < -0.4 is 10.5 Å². The highest BCUT2D eigenvalue weighted by molar-refractivity contribution is 5.86. The zero-order valence-electron chi connectivity index (χ0n) is 8.37. The molecule has 0 spiro atoms. The van der Waals surface area contributed by atoms with Crippen LogP contribution in [0.25, 0.3) is 10.9 Å². The standard InChI is InChI=1S/C11H14N2O/c1-7(12)10-6-8-9(13-10)4-3-5-11(8)14-2/h3-7,13H,12H2,1-2H3. The van der Waals surface area contributed by atoms with Crippen LogP contribution in [0.1, 0.15) is 18.7 Å². The number of hydrogen-bond donors (Lipinski definition) is 2. The molecule has 1 unspecified atom stereocenters. The molecule has 0 amide bonds. The number of aromatic amines is 1. The molecule has 0 saturated carbocycles. The average molecular weight is 190 g/mol. The monoisotopic (exact) mass is 190 g/mol. The van der Waals surface area contributed by atoms with Gasteiger partial charge in [-0.05, 0) is 25.1 Å². The maximum atomic E-state index is 5.80. The lowest BCUT2D eigenvalue weighted by Crippen LogP contribution is -2.04. The Morgan fingerprint density at radius 3 is 2.86 bits per heavy atom. The number of benzene rings is 1. The first-order valence-electron chi connectivity index (χ1n) is 4.63. The SMILES string of the molecule is COc1cccc2[nH]c(C(C)N)cc12. The van der Waals surface area contributed by atoms with Crippen LogP contribution in [0.15, 0.2) is 24.3 Å². The van der Waals surface area contributed by atoms with Crippen molar-refractivity contribution in [2.24, 2.45) is 5.73 Å². The van der Waals surface area contributed by atoms with E-state index in [4.69, 9.17) is 10.5 Å². The largest absolute Gasteiger partial charge is 0.496 e. The van der Waals surface area contributed by atoms with Gasteiger partial charge in [0.2, 0.25) is 0 Å². The molecule has 3 nitrogen and oxygen atoms in total. The second kappa shape index (κ2) is 3.35. The van der Waals surface area contributed by atoms with Crippen LogP contribution >= 0.6 is 0 Å². The number of ether oxygens (including phenoxy) is 1. The molecular weight excluding hydrogens is 176 g/mol. The summed E-state index contributed by atoms with van der Waals surface area (Å²) in [6.07, 6.45) is 0. The molecule has 0 saturated heterocycles. The molecule has 0 fully saturated rings. The van der Waals surface area contributed by atoms with Crippen LogP contribution in [0.2, 0.25) is 0 Å². The van der Waals surface area contributed by atoms with Gasteiger partial charge < -0.3 is 15.5 Å². The summed E-state index contributed by atoms with van der Waals surface area (Å²) >= 11 is 0. The molecule has 1 heterocycles. The van der Waals surface area contributed by atoms with Gasteiger partial charge in [0.25, 0.3) is 0 Å². The predicted molar refractivity (Wildman–Crippen MR) is 57.5 cm³/mol. The number of fused-ring (bicyclic) bond motifs is 1. The van der Waals surface area contributed by atoms with E-state index in [0.717, 1.165) is 22.3 Å². The molecule has 3 N–H and O–H groups in total. The molecule has 1 atom stereocenters. The fraction of sp³-hybridized carbons (Fsp3) is 0.273. The molecule has 0 aliphatic rings. The van der Waals surface area contributed by atoms with Gasteiger partial charge in [-0.2, -0.15) is 0 Å². The molecule has 0 radical (unpaired) electrons. The summed E-state index contributed by atoms with van der Waals surface area (Å²) < 4.78 is 5.26. The number of hydrogen-bond acceptors (Lipinski definition) is 2. The number of nitrogens with two attached hydrogens (primary N) is 1.